The highest BCUT2D eigenvalue weighted by Crippen LogP contribution is 2.25. The van der Waals surface area contributed by atoms with E-state index in [1.54, 1.807) is 12.1 Å². The fraction of sp³-hybridized carbons (Fsp3) is 0.167. The van der Waals surface area contributed by atoms with E-state index in [-0.39, 0.29) is 4.90 Å². The highest BCUT2D eigenvalue weighted by atomic mass is 32.2. The lowest BCUT2D eigenvalue weighted by molar-refractivity contribution is 0.597. The Balaban J connectivity index is 2.89. The van der Waals surface area contributed by atoms with Gasteiger partial charge in [-0.2, -0.15) is 0 Å². The predicted molar refractivity (Wildman–Crippen MR) is 64.7 cm³/mol. The Morgan fingerprint density at radius 3 is 2.44 bits per heavy atom. The van der Waals surface area contributed by atoms with Crippen LogP contribution in [-0.2, 0) is 16.4 Å². The second-order valence-corrected chi connectivity index (χ2v) is 5.19. The van der Waals surface area contributed by atoms with Crippen LogP contribution < -0.4 is 5.14 Å². The molecule has 0 aliphatic heterocycles. The SMILES string of the molecule is CCc1c(S(N)(=O)=O)ccc2ccccc12. The van der Waals surface area contributed by atoms with Crippen LogP contribution in [0, 0.1) is 0 Å². The third-order valence-corrected chi connectivity index (χ3v) is 3.65. The van der Waals surface area contributed by atoms with Crippen LogP contribution >= 0.6 is 0 Å². The zero-order chi connectivity index (χ0) is 11.8. The van der Waals surface area contributed by atoms with Crippen molar-refractivity contribution in [3.8, 4) is 0 Å². The molecule has 0 aromatic heterocycles. The van der Waals surface area contributed by atoms with E-state index in [4.69, 9.17) is 5.14 Å². The van der Waals surface area contributed by atoms with Gasteiger partial charge in [-0.05, 0) is 28.8 Å². The van der Waals surface area contributed by atoms with Crippen molar-refractivity contribution in [3.63, 3.8) is 0 Å². The van der Waals surface area contributed by atoms with Gasteiger partial charge in [0.15, 0.2) is 0 Å². The van der Waals surface area contributed by atoms with Crippen LogP contribution in [0.3, 0.4) is 0 Å². The minimum atomic E-state index is -3.64. The van der Waals surface area contributed by atoms with Crippen LogP contribution in [0.15, 0.2) is 41.3 Å². The maximum Gasteiger partial charge on any atom is 0.238 e. The van der Waals surface area contributed by atoms with Crippen LogP contribution in [-0.4, -0.2) is 8.42 Å². The predicted octanol–water partition coefficient (Wildman–Crippen LogP) is 2.05. The van der Waals surface area contributed by atoms with Crippen LogP contribution in [0.5, 0.6) is 0 Å². The van der Waals surface area contributed by atoms with Gasteiger partial charge in [0.1, 0.15) is 0 Å². The van der Waals surface area contributed by atoms with Crippen molar-refractivity contribution in [2.24, 2.45) is 5.14 Å². The van der Waals surface area contributed by atoms with Gasteiger partial charge in [-0.3, -0.25) is 0 Å². The Kier molecular flexibility index (Phi) is 2.69. The molecule has 3 nitrogen and oxygen atoms in total. The zero-order valence-electron chi connectivity index (χ0n) is 8.97. The average molecular weight is 235 g/mol. The van der Waals surface area contributed by atoms with Crippen molar-refractivity contribution < 1.29 is 8.42 Å². The maximum atomic E-state index is 11.4. The van der Waals surface area contributed by atoms with Crippen LogP contribution in [0.25, 0.3) is 10.8 Å². The molecule has 2 aromatic carbocycles. The molecule has 0 saturated carbocycles. The average Bonchev–Trinajstić information content (AvgIpc) is 2.26. The monoisotopic (exact) mass is 235 g/mol. The molecule has 0 fully saturated rings. The number of nitrogens with two attached hydrogens (primary N) is 1. The summed E-state index contributed by atoms with van der Waals surface area (Å²) in [5.41, 5.74) is 0.792. The minimum Gasteiger partial charge on any atom is -0.225 e. The molecule has 0 aliphatic carbocycles. The number of sulfonamides is 1. The molecule has 0 radical (unpaired) electrons. The Hall–Kier alpha value is -1.39. The summed E-state index contributed by atoms with van der Waals surface area (Å²) in [5.74, 6) is 0. The van der Waals surface area contributed by atoms with Crippen molar-refractivity contribution in [1.29, 1.82) is 0 Å². The number of fused-ring (bicyclic) bond motifs is 1. The van der Waals surface area contributed by atoms with Gasteiger partial charge in [0.2, 0.25) is 10.0 Å². The number of benzene rings is 2. The van der Waals surface area contributed by atoms with E-state index in [2.05, 4.69) is 0 Å². The molecule has 16 heavy (non-hydrogen) atoms. The van der Waals surface area contributed by atoms with Gasteiger partial charge in [-0.15, -0.1) is 0 Å². The third-order valence-electron chi connectivity index (χ3n) is 2.66. The molecule has 84 valence electrons. The largest absolute Gasteiger partial charge is 0.238 e. The van der Waals surface area contributed by atoms with E-state index in [0.717, 1.165) is 16.3 Å². The van der Waals surface area contributed by atoms with Crippen LogP contribution in [0.4, 0.5) is 0 Å². The number of rotatable bonds is 2. The number of hydrogen-bond acceptors (Lipinski definition) is 2. The first kappa shape index (κ1) is 11.1. The Bertz CT molecular complexity index is 633. The van der Waals surface area contributed by atoms with E-state index in [1.165, 1.54) is 0 Å². The summed E-state index contributed by atoms with van der Waals surface area (Å²) >= 11 is 0. The molecule has 2 rings (SSSR count). The second kappa shape index (κ2) is 3.88. The van der Waals surface area contributed by atoms with E-state index in [9.17, 15) is 8.42 Å². The van der Waals surface area contributed by atoms with Gasteiger partial charge in [0.25, 0.3) is 0 Å². The van der Waals surface area contributed by atoms with E-state index >= 15 is 0 Å². The topological polar surface area (TPSA) is 60.2 Å². The summed E-state index contributed by atoms with van der Waals surface area (Å²) in [6, 6.07) is 11.1. The van der Waals surface area contributed by atoms with Crippen molar-refractivity contribution >= 4 is 20.8 Å². The van der Waals surface area contributed by atoms with Gasteiger partial charge in [0, 0.05) is 0 Å². The first-order valence-electron chi connectivity index (χ1n) is 5.07. The summed E-state index contributed by atoms with van der Waals surface area (Å²) in [6.07, 6.45) is 0.646. The van der Waals surface area contributed by atoms with Crippen LogP contribution in [0.2, 0.25) is 0 Å². The molecule has 0 unspecified atom stereocenters. The first-order chi connectivity index (χ1) is 7.54. The number of aryl methyl sites for hydroxylation is 1. The molecule has 4 heteroatoms. The smallest absolute Gasteiger partial charge is 0.225 e. The lowest BCUT2D eigenvalue weighted by Gasteiger charge is -2.09. The first-order valence-corrected chi connectivity index (χ1v) is 6.62. The lowest BCUT2D eigenvalue weighted by Crippen LogP contribution is -2.14. The highest BCUT2D eigenvalue weighted by Gasteiger charge is 2.14. The zero-order valence-corrected chi connectivity index (χ0v) is 9.79. The van der Waals surface area contributed by atoms with Crippen LogP contribution in [0.1, 0.15) is 12.5 Å². The summed E-state index contributed by atoms with van der Waals surface area (Å²) < 4.78 is 22.9. The normalized spacial score (nSPS) is 11.9. The van der Waals surface area contributed by atoms with Gasteiger partial charge in [-0.25, -0.2) is 13.6 Å². The van der Waals surface area contributed by atoms with Gasteiger partial charge >= 0.3 is 0 Å². The molecule has 0 bridgehead atoms. The fourth-order valence-electron chi connectivity index (χ4n) is 1.95. The summed E-state index contributed by atoms with van der Waals surface area (Å²) in [7, 11) is -3.64. The Morgan fingerprint density at radius 2 is 1.81 bits per heavy atom. The van der Waals surface area contributed by atoms with Gasteiger partial charge in [-0.1, -0.05) is 37.3 Å². The lowest BCUT2D eigenvalue weighted by atomic mass is 10.0. The van der Waals surface area contributed by atoms with Crippen molar-refractivity contribution in [2.75, 3.05) is 0 Å². The maximum absolute atomic E-state index is 11.4. The second-order valence-electron chi connectivity index (χ2n) is 3.66. The van der Waals surface area contributed by atoms with E-state index < -0.39 is 10.0 Å². The van der Waals surface area contributed by atoms with Gasteiger partial charge in [0.05, 0.1) is 4.90 Å². The number of hydrogen-bond donors (Lipinski definition) is 1. The fourth-order valence-corrected chi connectivity index (χ4v) is 2.80. The summed E-state index contributed by atoms with van der Waals surface area (Å²) in [4.78, 5) is 0.230. The minimum absolute atomic E-state index is 0.230. The molecule has 2 N–H and O–H groups in total. The van der Waals surface area contributed by atoms with E-state index in [0.29, 0.717) is 6.42 Å². The van der Waals surface area contributed by atoms with Gasteiger partial charge < -0.3 is 0 Å². The molecule has 0 heterocycles. The molecule has 0 aliphatic rings. The highest BCUT2D eigenvalue weighted by molar-refractivity contribution is 7.89. The van der Waals surface area contributed by atoms with Crippen molar-refractivity contribution in [2.45, 2.75) is 18.2 Å². The molecule has 0 saturated heterocycles. The molecular weight excluding hydrogens is 222 g/mol. The molecule has 0 amide bonds. The Morgan fingerprint density at radius 1 is 1.12 bits per heavy atom. The Labute approximate surface area is 94.9 Å². The standard InChI is InChI=1S/C12H13NO2S/c1-2-10-11-6-4-3-5-9(11)7-8-12(10)16(13,14)15/h3-8H,2H2,1H3,(H2,13,14,15). The van der Waals surface area contributed by atoms with Crippen molar-refractivity contribution in [1.82, 2.24) is 0 Å². The third kappa shape index (κ3) is 1.81. The molecule has 0 spiro atoms. The number of primary sulfonamides is 1. The summed E-state index contributed by atoms with van der Waals surface area (Å²) in [5, 5.41) is 7.19. The van der Waals surface area contributed by atoms with Crippen molar-refractivity contribution in [3.05, 3.63) is 42.0 Å². The molecule has 0 atom stereocenters. The quantitative estimate of drug-likeness (QED) is 0.866. The summed E-state index contributed by atoms with van der Waals surface area (Å²) in [6.45, 7) is 1.93. The molecular formula is C12H13NO2S. The van der Waals surface area contributed by atoms with E-state index in [1.807, 2.05) is 31.2 Å². The molecule has 2 aromatic rings.